The zero-order valence-corrected chi connectivity index (χ0v) is 23.5. The summed E-state index contributed by atoms with van der Waals surface area (Å²) in [7, 11) is 1.60. The maximum Gasteiger partial charge on any atom is 0.242 e. The fourth-order valence-electron chi connectivity index (χ4n) is 4.28. The number of thioether (sulfide) groups is 1. The highest BCUT2D eigenvalue weighted by Crippen LogP contribution is 2.34. The molecule has 1 N–H and O–H groups in total. The second-order valence-corrected chi connectivity index (χ2v) is 10.6. The van der Waals surface area contributed by atoms with Crippen molar-refractivity contribution in [2.75, 3.05) is 12.4 Å². The van der Waals surface area contributed by atoms with Gasteiger partial charge in [-0.15, -0.1) is 0 Å². The van der Waals surface area contributed by atoms with Crippen LogP contribution in [0.25, 0.3) is 0 Å². The van der Waals surface area contributed by atoms with Crippen molar-refractivity contribution in [2.45, 2.75) is 25.1 Å². The van der Waals surface area contributed by atoms with Gasteiger partial charge in [0.25, 0.3) is 0 Å². The molecule has 0 aliphatic carbocycles. The number of amides is 2. The number of hydrogen-bond acceptors (Lipinski definition) is 7. The van der Waals surface area contributed by atoms with Crippen LogP contribution in [0.4, 0.5) is 22.7 Å². The van der Waals surface area contributed by atoms with Crippen molar-refractivity contribution in [1.29, 1.82) is 0 Å². The number of carbonyl (C=O) groups excluding carboxylic acids is 2. The van der Waals surface area contributed by atoms with Gasteiger partial charge in [-0.05, 0) is 67.1 Å². The molecule has 1 heterocycles. The van der Waals surface area contributed by atoms with Gasteiger partial charge in [-0.3, -0.25) is 14.5 Å². The molecule has 4 aromatic carbocycles. The molecule has 1 saturated heterocycles. The number of aliphatic imine (C=N–C) groups is 1. The number of carbonyl (C=O) groups is 2. The molecular weight excluding hydrogens is 534 g/mol. The largest absolute Gasteiger partial charge is 0.496 e. The first kappa shape index (κ1) is 27.8. The zero-order valence-electron chi connectivity index (χ0n) is 22.7. The lowest BCUT2D eigenvalue weighted by molar-refractivity contribution is -0.128. The number of nitrogens with one attached hydrogen (secondary N) is 1. The van der Waals surface area contributed by atoms with E-state index in [0.717, 1.165) is 22.5 Å². The summed E-state index contributed by atoms with van der Waals surface area (Å²) in [5.74, 6) is 0.260. The Morgan fingerprint density at radius 2 is 1.56 bits per heavy atom. The van der Waals surface area contributed by atoms with Gasteiger partial charge in [0.2, 0.25) is 11.8 Å². The molecule has 4 aromatic rings. The van der Waals surface area contributed by atoms with E-state index in [1.807, 2.05) is 85.8 Å². The number of aryl methyl sites for hydroxylation is 1. The molecule has 2 amide bonds. The second kappa shape index (κ2) is 13.1. The summed E-state index contributed by atoms with van der Waals surface area (Å²) in [6, 6.07) is 31.9. The van der Waals surface area contributed by atoms with Gasteiger partial charge in [0.15, 0.2) is 5.17 Å². The SMILES string of the molecule is COc1ccccc1CN1C(=O)[C@@H](CC(=O)Nc2ccc(N=Nc3ccccc3)cc2)SC1=Nc1cccc(C)c1. The average molecular weight is 564 g/mol. The zero-order chi connectivity index (χ0) is 28.6. The Balaban J connectivity index is 1.28. The molecule has 0 spiro atoms. The van der Waals surface area contributed by atoms with Crippen LogP contribution in [-0.2, 0) is 16.1 Å². The first-order valence-electron chi connectivity index (χ1n) is 13.1. The number of rotatable bonds is 9. The minimum absolute atomic E-state index is 0.00816. The van der Waals surface area contributed by atoms with Gasteiger partial charge >= 0.3 is 0 Å². The van der Waals surface area contributed by atoms with Gasteiger partial charge in [0.1, 0.15) is 11.0 Å². The van der Waals surface area contributed by atoms with Crippen LogP contribution in [0.15, 0.2) is 118 Å². The van der Waals surface area contributed by atoms with E-state index < -0.39 is 5.25 Å². The molecular formula is C32H29N5O3S. The van der Waals surface area contributed by atoms with E-state index in [2.05, 4.69) is 15.5 Å². The predicted octanol–water partition coefficient (Wildman–Crippen LogP) is 7.58. The Morgan fingerprint density at radius 3 is 2.29 bits per heavy atom. The Kier molecular flexibility index (Phi) is 8.85. The summed E-state index contributed by atoms with van der Waals surface area (Å²) < 4.78 is 5.50. The number of methoxy groups -OCH3 is 1. The molecule has 1 aliphatic heterocycles. The lowest BCUT2D eigenvalue weighted by atomic mass is 10.1. The van der Waals surface area contributed by atoms with Crippen molar-refractivity contribution < 1.29 is 14.3 Å². The lowest BCUT2D eigenvalue weighted by Gasteiger charge is -2.18. The van der Waals surface area contributed by atoms with E-state index in [9.17, 15) is 9.59 Å². The molecule has 0 aromatic heterocycles. The molecule has 8 nitrogen and oxygen atoms in total. The first-order chi connectivity index (χ1) is 20.0. The summed E-state index contributed by atoms with van der Waals surface area (Å²) in [6.45, 7) is 2.28. The van der Waals surface area contributed by atoms with Crippen molar-refractivity contribution in [3.8, 4) is 5.75 Å². The van der Waals surface area contributed by atoms with Crippen LogP contribution >= 0.6 is 11.8 Å². The van der Waals surface area contributed by atoms with Crippen LogP contribution in [0.3, 0.4) is 0 Å². The Morgan fingerprint density at radius 1 is 0.878 bits per heavy atom. The van der Waals surface area contributed by atoms with Gasteiger partial charge in [0.05, 0.1) is 30.7 Å². The summed E-state index contributed by atoms with van der Waals surface area (Å²) in [5, 5.41) is 11.3. The van der Waals surface area contributed by atoms with Crippen molar-refractivity contribution in [1.82, 2.24) is 4.90 Å². The molecule has 9 heteroatoms. The van der Waals surface area contributed by atoms with E-state index in [0.29, 0.717) is 22.3 Å². The highest BCUT2D eigenvalue weighted by atomic mass is 32.2. The van der Waals surface area contributed by atoms with E-state index in [1.165, 1.54) is 11.8 Å². The third kappa shape index (κ3) is 7.26. The van der Waals surface area contributed by atoms with Gasteiger partial charge in [0, 0.05) is 17.7 Å². The summed E-state index contributed by atoms with van der Waals surface area (Å²) in [5.41, 5.74) is 4.71. The van der Waals surface area contributed by atoms with Gasteiger partial charge < -0.3 is 10.1 Å². The van der Waals surface area contributed by atoms with E-state index in [4.69, 9.17) is 9.73 Å². The predicted molar refractivity (Wildman–Crippen MR) is 164 cm³/mol. The molecule has 206 valence electrons. The number of para-hydroxylation sites is 1. The second-order valence-electron chi connectivity index (χ2n) is 9.41. The Labute approximate surface area is 243 Å². The highest BCUT2D eigenvalue weighted by molar-refractivity contribution is 8.15. The summed E-state index contributed by atoms with van der Waals surface area (Å²) in [6.07, 6.45) is 0.00816. The number of ether oxygens (including phenoxy) is 1. The van der Waals surface area contributed by atoms with Crippen LogP contribution < -0.4 is 10.1 Å². The number of azo groups is 1. The normalized spacial score (nSPS) is 16.0. The van der Waals surface area contributed by atoms with Crippen molar-refractivity contribution in [2.24, 2.45) is 15.2 Å². The van der Waals surface area contributed by atoms with Crippen LogP contribution in [0.1, 0.15) is 17.5 Å². The topological polar surface area (TPSA) is 95.7 Å². The van der Waals surface area contributed by atoms with Crippen LogP contribution in [0.5, 0.6) is 5.75 Å². The smallest absolute Gasteiger partial charge is 0.242 e. The Bertz CT molecular complexity index is 1590. The molecule has 1 fully saturated rings. The highest BCUT2D eigenvalue weighted by Gasteiger charge is 2.39. The minimum atomic E-state index is -0.604. The van der Waals surface area contributed by atoms with Gasteiger partial charge in [-0.1, -0.05) is 60.3 Å². The number of amidine groups is 1. The average Bonchev–Trinajstić information content (AvgIpc) is 3.26. The molecule has 1 aliphatic rings. The van der Waals surface area contributed by atoms with E-state index in [-0.39, 0.29) is 24.8 Å². The fourth-order valence-corrected chi connectivity index (χ4v) is 5.44. The number of benzene rings is 4. The Hall–Kier alpha value is -4.76. The summed E-state index contributed by atoms with van der Waals surface area (Å²) >= 11 is 1.30. The summed E-state index contributed by atoms with van der Waals surface area (Å²) in [4.78, 5) is 33.0. The van der Waals surface area contributed by atoms with Crippen molar-refractivity contribution in [3.63, 3.8) is 0 Å². The van der Waals surface area contributed by atoms with Gasteiger partial charge in [-0.2, -0.15) is 10.2 Å². The number of hydrogen-bond donors (Lipinski definition) is 1. The lowest BCUT2D eigenvalue weighted by Crippen LogP contribution is -2.33. The van der Waals surface area contributed by atoms with Crippen LogP contribution in [0.2, 0.25) is 0 Å². The quantitative estimate of drug-likeness (QED) is 0.212. The first-order valence-corrected chi connectivity index (χ1v) is 14.0. The molecule has 0 saturated carbocycles. The fraction of sp³-hybridized carbons (Fsp3) is 0.156. The maximum absolute atomic E-state index is 13.6. The standard InChI is InChI=1S/C32H29N5O3S/c1-22-9-8-13-27(19-22)34-32-37(21-23-10-6-7-14-28(23)40-2)31(39)29(41-32)20-30(38)33-24-15-17-26(18-16-24)36-35-25-11-4-3-5-12-25/h3-19,29H,20-21H2,1-2H3,(H,33,38)/t29-/m1/s1. The van der Waals surface area contributed by atoms with Crippen molar-refractivity contribution >= 4 is 51.5 Å². The molecule has 0 bridgehead atoms. The molecule has 1 atom stereocenters. The third-order valence-electron chi connectivity index (χ3n) is 6.33. The van der Waals surface area contributed by atoms with Gasteiger partial charge in [-0.25, -0.2) is 4.99 Å². The molecule has 0 unspecified atom stereocenters. The monoisotopic (exact) mass is 563 g/mol. The number of nitrogens with zero attached hydrogens (tertiary/aromatic N) is 4. The molecule has 41 heavy (non-hydrogen) atoms. The molecule has 0 radical (unpaired) electrons. The third-order valence-corrected chi connectivity index (χ3v) is 7.50. The van der Waals surface area contributed by atoms with Crippen molar-refractivity contribution in [3.05, 3.63) is 114 Å². The molecule has 5 rings (SSSR count). The van der Waals surface area contributed by atoms with Crippen LogP contribution in [0, 0.1) is 6.92 Å². The minimum Gasteiger partial charge on any atom is -0.496 e. The van der Waals surface area contributed by atoms with E-state index >= 15 is 0 Å². The maximum atomic E-state index is 13.6. The number of anilines is 1. The van der Waals surface area contributed by atoms with E-state index in [1.54, 1.807) is 36.3 Å². The van der Waals surface area contributed by atoms with Crippen LogP contribution in [-0.4, -0.2) is 34.2 Å².